The fraction of sp³-hybridized carbons (Fsp3) is 0.364. The molecule has 3 aromatic rings. The maximum atomic E-state index is 12.7. The molecule has 1 amide bonds. The number of ether oxygens (including phenoxy) is 1. The average Bonchev–Trinajstić information content (AvgIpc) is 2.74. The monoisotopic (exact) mass is 410 g/mol. The number of hydrogen-bond donors (Lipinski definition) is 1. The average molecular weight is 410 g/mol. The molecule has 1 aromatic carbocycles. The fourth-order valence-corrected chi connectivity index (χ4v) is 3.62. The number of pyridine rings is 1. The minimum atomic E-state index is -0.413. The number of benzene rings is 1. The summed E-state index contributed by atoms with van der Waals surface area (Å²) in [5.74, 6) is 0.649. The zero-order valence-corrected chi connectivity index (χ0v) is 17.9. The molecule has 2 heterocycles. The molecule has 3 rings (SSSR count). The second kappa shape index (κ2) is 8.52. The molecule has 0 saturated carbocycles. The van der Waals surface area contributed by atoms with E-state index in [1.807, 2.05) is 38.1 Å². The third kappa shape index (κ3) is 3.98. The number of aromatic nitrogens is 3. The van der Waals surface area contributed by atoms with Crippen molar-refractivity contribution in [1.82, 2.24) is 19.4 Å². The van der Waals surface area contributed by atoms with Crippen molar-refractivity contribution < 1.29 is 9.53 Å². The predicted molar refractivity (Wildman–Crippen MR) is 115 cm³/mol. The number of amides is 1. The molecule has 2 aromatic heterocycles. The molecule has 30 heavy (non-hydrogen) atoms. The Hall–Kier alpha value is -3.42. The van der Waals surface area contributed by atoms with Gasteiger partial charge in [0.25, 0.3) is 5.56 Å². The molecule has 0 fully saturated rings. The van der Waals surface area contributed by atoms with Gasteiger partial charge in [0.2, 0.25) is 5.91 Å². The van der Waals surface area contributed by atoms with Crippen molar-refractivity contribution >= 4 is 16.9 Å². The fourth-order valence-electron chi connectivity index (χ4n) is 3.62. The highest BCUT2D eigenvalue weighted by Crippen LogP contribution is 2.20. The third-order valence-corrected chi connectivity index (χ3v) is 5.40. The molecule has 0 atom stereocenters. The van der Waals surface area contributed by atoms with Gasteiger partial charge in [-0.25, -0.2) is 9.78 Å². The topological polar surface area (TPSA) is 95.2 Å². The molecule has 0 radical (unpaired) electrons. The lowest BCUT2D eigenvalue weighted by Crippen LogP contribution is -2.38. The number of aryl methyl sites for hydroxylation is 3. The van der Waals surface area contributed by atoms with Crippen LogP contribution in [0.15, 0.2) is 33.9 Å². The first-order valence-electron chi connectivity index (χ1n) is 9.70. The summed E-state index contributed by atoms with van der Waals surface area (Å²) in [6, 6.07) is 7.53. The number of carbonyl (C=O) groups excluding carboxylic acids is 1. The van der Waals surface area contributed by atoms with Crippen molar-refractivity contribution in [2.45, 2.75) is 33.2 Å². The van der Waals surface area contributed by atoms with E-state index in [0.717, 1.165) is 27.0 Å². The molecule has 0 aliphatic heterocycles. The van der Waals surface area contributed by atoms with Crippen molar-refractivity contribution in [2.24, 2.45) is 14.1 Å². The van der Waals surface area contributed by atoms with Gasteiger partial charge in [0.05, 0.1) is 12.5 Å². The smallest absolute Gasteiger partial charge is 0.332 e. The van der Waals surface area contributed by atoms with E-state index in [1.165, 1.54) is 11.6 Å². The van der Waals surface area contributed by atoms with Crippen molar-refractivity contribution in [3.05, 3.63) is 67.5 Å². The van der Waals surface area contributed by atoms with E-state index in [1.54, 1.807) is 14.2 Å². The summed E-state index contributed by atoms with van der Waals surface area (Å²) in [5.41, 5.74) is 2.86. The molecule has 0 aliphatic rings. The zero-order valence-electron chi connectivity index (χ0n) is 17.9. The Morgan fingerprint density at radius 2 is 1.90 bits per heavy atom. The van der Waals surface area contributed by atoms with Gasteiger partial charge in [-0.3, -0.25) is 18.7 Å². The van der Waals surface area contributed by atoms with Gasteiger partial charge in [0.15, 0.2) is 0 Å². The SMILES string of the molecule is COc1cccc(CNC(=O)CCc2c(C)nc3c(c2C)c(=O)n(C)c(=O)n3C)c1. The molecule has 0 unspecified atom stereocenters. The lowest BCUT2D eigenvalue weighted by molar-refractivity contribution is -0.121. The van der Waals surface area contributed by atoms with E-state index >= 15 is 0 Å². The van der Waals surface area contributed by atoms with Crippen LogP contribution in [0.5, 0.6) is 5.75 Å². The van der Waals surface area contributed by atoms with Crippen LogP contribution in [0.2, 0.25) is 0 Å². The summed E-state index contributed by atoms with van der Waals surface area (Å²) in [6.07, 6.45) is 0.724. The van der Waals surface area contributed by atoms with E-state index in [0.29, 0.717) is 29.7 Å². The van der Waals surface area contributed by atoms with Crippen LogP contribution >= 0.6 is 0 Å². The second-order valence-corrected chi connectivity index (χ2v) is 7.33. The molecule has 1 N–H and O–H groups in total. The van der Waals surface area contributed by atoms with Crippen molar-refractivity contribution in [1.29, 1.82) is 0 Å². The molecule has 0 aliphatic carbocycles. The van der Waals surface area contributed by atoms with Crippen LogP contribution in [0.25, 0.3) is 11.0 Å². The van der Waals surface area contributed by atoms with Gasteiger partial charge in [0.1, 0.15) is 11.4 Å². The Bertz CT molecular complexity index is 1240. The maximum absolute atomic E-state index is 12.7. The second-order valence-electron chi connectivity index (χ2n) is 7.33. The molecular formula is C22H26N4O4. The Balaban J connectivity index is 1.79. The van der Waals surface area contributed by atoms with E-state index < -0.39 is 5.69 Å². The van der Waals surface area contributed by atoms with Gasteiger partial charge in [-0.1, -0.05) is 12.1 Å². The van der Waals surface area contributed by atoms with Crippen molar-refractivity contribution in [3.63, 3.8) is 0 Å². The van der Waals surface area contributed by atoms with Crippen LogP contribution in [-0.4, -0.2) is 27.1 Å². The van der Waals surface area contributed by atoms with Gasteiger partial charge < -0.3 is 10.1 Å². The number of fused-ring (bicyclic) bond motifs is 1. The molecule has 0 bridgehead atoms. The largest absolute Gasteiger partial charge is 0.497 e. The van der Waals surface area contributed by atoms with E-state index in [4.69, 9.17) is 4.74 Å². The summed E-state index contributed by atoms with van der Waals surface area (Å²) < 4.78 is 7.65. The third-order valence-electron chi connectivity index (χ3n) is 5.40. The first-order chi connectivity index (χ1) is 14.2. The summed E-state index contributed by atoms with van der Waals surface area (Å²) >= 11 is 0. The van der Waals surface area contributed by atoms with Gasteiger partial charge in [-0.15, -0.1) is 0 Å². The van der Waals surface area contributed by atoms with E-state index in [-0.39, 0.29) is 17.9 Å². The summed E-state index contributed by atoms with van der Waals surface area (Å²) in [7, 11) is 4.65. The lowest BCUT2D eigenvalue weighted by Gasteiger charge is -2.15. The Kier molecular flexibility index (Phi) is 6.05. The molecule has 8 nitrogen and oxygen atoms in total. The van der Waals surface area contributed by atoms with Crippen LogP contribution in [0.1, 0.15) is 28.8 Å². The minimum Gasteiger partial charge on any atom is -0.497 e. The number of carbonyl (C=O) groups is 1. The maximum Gasteiger partial charge on any atom is 0.332 e. The highest BCUT2D eigenvalue weighted by molar-refractivity contribution is 5.80. The van der Waals surface area contributed by atoms with E-state index in [9.17, 15) is 14.4 Å². The highest BCUT2D eigenvalue weighted by atomic mass is 16.5. The first-order valence-corrected chi connectivity index (χ1v) is 9.70. The standard InChI is InChI=1S/C22H26N4O4/c1-13-17(9-10-18(27)23-12-15-7-6-8-16(11-15)30-5)14(2)24-20-19(13)21(28)26(4)22(29)25(20)3/h6-8,11H,9-10,12H2,1-5H3,(H,23,27). The van der Waals surface area contributed by atoms with E-state index in [2.05, 4.69) is 10.3 Å². The summed E-state index contributed by atoms with van der Waals surface area (Å²) in [6.45, 7) is 4.08. The number of methoxy groups -OCH3 is 1. The lowest BCUT2D eigenvalue weighted by atomic mass is 10.00. The quantitative estimate of drug-likeness (QED) is 0.665. The minimum absolute atomic E-state index is 0.0925. The van der Waals surface area contributed by atoms with Crippen LogP contribution in [0.3, 0.4) is 0 Å². The molecule has 0 spiro atoms. The number of hydrogen-bond acceptors (Lipinski definition) is 5. The summed E-state index contributed by atoms with van der Waals surface area (Å²) in [5, 5.41) is 3.32. The molecule has 158 valence electrons. The predicted octanol–water partition coefficient (Wildman–Crippen LogP) is 1.51. The van der Waals surface area contributed by atoms with Gasteiger partial charge in [-0.05, 0) is 49.1 Å². The number of rotatable bonds is 6. The summed E-state index contributed by atoms with van der Waals surface area (Å²) in [4.78, 5) is 41.7. The van der Waals surface area contributed by atoms with Crippen LogP contribution in [-0.2, 0) is 31.9 Å². The zero-order chi connectivity index (χ0) is 22.0. The molecule has 8 heteroatoms. The highest BCUT2D eigenvalue weighted by Gasteiger charge is 2.17. The Labute approximate surface area is 174 Å². The molecular weight excluding hydrogens is 384 g/mol. The van der Waals surface area contributed by atoms with Crippen LogP contribution in [0.4, 0.5) is 0 Å². The van der Waals surface area contributed by atoms with Crippen LogP contribution in [0, 0.1) is 13.8 Å². The van der Waals surface area contributed by atoms with Gasteiger partial charge in [0, 0.05) is 32.8 Å². The molecule has 0 saturated heterocycles. The Morgan fingerprint density at radius 3 is 2.60 bits per heavy atom. The number of nitrogens with one attached hydrogen (secondary N) is 1. The normalized spacial score (nSPS) is 11.0. The van der Waals surface area contributed by atoms with Crippen LogP contribution < -0.4 is 21.3 Å². The number of nitrogens with zero attached hydrogens (tertiary/aromatic N) is 3. The van der Waals surface area contributed by atoms with Gasteiger partial charge >= 0.3 is 5.69 Å². The van der Waals surface area contributed by atoms with Gasteiger partial charge in [-0.2, -0.15) is 0 Å². The van der Waals surface area contributed by atoms with Crippen molar-refractivity contribution in [3.8, 4) is 5.75 Å². The first kappa shape index (κ1) is 21.3. The Morgan fingerprint density at radius 1 is 1.17 bits per heavy atom. The van der Waals surface area contributed by atoms with Crippen molar-refractivity contribution in [2.75, 3.05) is 7.11 Å².